The molecule has 2 amide bonds. The number of fused-ring (bicyclic) bond motifs is 1. The first-order valence-electron chi connectivity index (χ1n) is 11.6. The van der Waals surface area contributed by atoms with Crippen LogP contribution < -0.4 is 10.7 Å². The van der Waals surface area contributed by atoms with Crippen LogP contribution in [0.1, 0.15) is 44.7 Å². The predicted molar refractivity (Wildman–Crippen MR) is 141 cm³/mol. The van der Waals surface area contributed by atoms with Crippen molar-refractivity contribution >= 4 is 28.9 Å². The number of nitrogens with one attached hydrogen (secondary N) is 2. The third-order valence-corrected chi connectivity index (χ3v) is 5.95. The van der Waals surface area contributed by atoms with Gasteiger partial charge in [0.15, 0.2) is 5.65 Å². The highest BCUT2D eigenvalue weighted by atomic mass is 16.3. The van der Waals surface area contributed by atoms with Crippen molar-refractivity contribution in [3.8, 4) is 11.3 Å². The van der Waals surface area contributed by atoms with Gasteiger partial charge in [0.25, 0.3) is 11.8 Å². The van der Waals surface area contributed by atoms with Crippen LogP contribution in [0.2, 0.25) is 0 Å². The number of hydrogen-bond acceptors (Lipinski definition) is 6. The second-order valence-electron chi connectivity index (χ2n) is 8.50. The van der Waals surface area contributed by atoms with Gasteiger partial charge in [-0.25, -0.2) is 14.9 Å². The molecule has 9 nitrogen and oxygen atoms in total. The third kappa shape index (κ3) is 4.87. The quantitative estimate of drug-likeness (QED) is 0.255. The number of nitrogens with zero attached hydrogens (tertiary/aromatic N) is 4. The largest absolute Gasteiger partial charge is 0.469 e. The molecule has 0 aliphatic carbocycles. The van der Waals surface area contributed by atoms with Gasteiger partial charge in [-0.15, -0.1) is 0 Å². The van der Waals surface area contributed by atoms with Crippen molar-refractivity contribution in [2.45, 2.75) is 20.8 Å². The molecule has 3 heterocycles. The van der Waals surface area contributed by atoms with E-state index >= 15 is 0 Å². The Bertz CT molecular complexity index is 1630. The predicted octanol–water partition coefficient (Wildman–Crippen LogP) is 5.01. The molecule has 5 aromatic rings. The van der Waals surface area contributed by atoms with Gasteiger partial charge in [-0.05, 0) is 50.6 Å². The molecule has 0 spiro atoms. The molecular formula is C28H24N6O3. The number of furan rings is 1. The number of anilines is 1. The zero-order valence-corrected chi connectivity index (χ0v) is 20.5. The van der Waals surface area contributed by atoms with Gasteiger partial charge in [-0.1, -0.05) is 42.5 Å². The lowest BCUT2D eigenvalue weighted by Gasteiger charge is -2.07. The van der Waals surface area contributed by atoms with Gasteiger partial charge >= 0.3 is 0 Å². The number of carbonyl (C=O) groups excluding carboxylic acids is 2. The van der Waals surface area contributed by atoms with Crippen molar-refractivity contribution in [2.75, 3.05) is 5.32 Å². The number of amides is 2. The van der Waals surface area contributed by atoms with Crippen LogP contribution >= 0.6 is 0 Å². The van der Waals surface area contributed by atoms with Gasteiger partial charge in [0.2, 0.25) is 0 Å². The molecular weight excluding hydrogens is 468 g/mol. The van der Waals surface area contributed by atoms with E-state index in [0.29, 0.717) is 33.9 Å². The van der Waals surface area contributed by atoms with Crippen LogP contribution in [0.25, 0.3) is 16.9 Å². The minimum Gasteiger partial charge on any atom is -0.469 e. The summed E-state index contributed by atoms with van der Waals surface area (Å²) in [5.74, 6) is -0.101. The molecule has 0 unspecified atom stereocenters. The van der Waals surface area contributed by atoms with Crippen molar-refractivity contribution in [1.29, 1.82) is 0 Å². The van der Waals surface area contributed by atoms with E-state index in [2.05, 4.69) is 25.9 Å². The van der Waals surface area contributed by atoms with E-state index in [1.165, 1.54) is 12.5 Å². The minimum absolute atomic E-state index is 0.246. The third-order valence-electron chi connectivity index (χ3n) is 5.95. The van der Waals surface area contributed by atoms with E-state index in [-0.39, 0.29) is 5.91 Å². The number of carbonyl (C=O) groups is 2. The normalized spacial score (nSPS) is 11.5. The summed E-state index contributed by atoms with van der Waals surface area (Å²) >= 11 is 0. The summed E-state index contributed by atoms with van der Waals surface area (Å²) in [6, 6.07) is 20.5. The Kier molecular flexibility index (Phi) is 6.34. The van der Waals surface area contributed by atoms with E-state index in [1.54, 1.807) is 36.6 Å². The summed E-state index contributed by atoms with van der Waals surface area (Å²) in [6.45, 7) is 5.44. The van der Waals surface area contributed by atoms with Crippen LogP contribution in [-0.2, 0) is 0 Å². The summed E-state index contributed by atoms with van der Waals surface area (Å²) in [5.41, 5.74) is 8.46. The number of hydrazone groups is 1. The highest BCUT2D eigenvalue weighted by Crippen LogP contribution is 2.21. The van der Waals surface area contributed by atoms with Crippen LogP contribution in [-0.4, -0.2) is 32.1 Å². The Labute approximate surface area is 212 Å². The first-order valence-corrected chi connectivity index (χ1v) is 11.6. The fourth-order valence-corrected chi connectivity index (χ4v) is 3.90. The maximum absolute atomic E-state index is 13.0. The highest BCUT2D eigenvalue weighted by Gasteiger charge is 2.17. The highest BCUT2D eigenvalue weighted by molar-refractivity contribution is 6.06. The maximum atomic E-state index is 13.0. The smallest absolute Gasteiger partial charge is 0.276 e. The van der Waals surface area contributed by atoms with Crippen LogP contribution in [0.5, 0.6) is 0 Å². The summed E-state index contributed by atoms with van der Waals surface area (Å²) in [5, 5.41) is 11.4. The van der Waals surface area contributed by atoms with Crippen molar-refractivity contribution < 1.29 is 14.0 Å². The number of rotatable bonds is 6. The molecule has 2 N–H and O–H groups in total. The van der Waals surface area contributed by atoms with Gasteiger partial charge in [-0.2, -0.15) is 10.2 Å². The standard InChI is InChI=1S/C28H24N6O3/c1-17-15-25(21-7-5-4-6-8-21)31-26-24(16-29-34(17)26)28(36)33-32-18(2)20-9-11-22(12-10-20)30-27(35)23-13-14-37-19(23)3/h4-16H,1-3H3,(H,30,35)(H,33,36)/b32-18-. The zero-order valence-electron chi connectivity index (χ0n) is 20.5. The van der Waals surface area contributed by atoms with Gasteiger partial charge in [0, 0.05) is 16.9 Å². The molecule has 0 bridgehead atoms. The second-order valence-corrected chi connectivity index (χ2v) is 8.50. The topological polar surface area (TPSA) is 114 Å². The summed E-state index contributed by atoms with van der Waals surface area (Å²) < 4.78 is 6.82. The van der Waals surface area contributed by atoms with Crippen molar-refractivity contribution in [3.63, 3.8) is 0 Å². The van der Waals surface area contributed by atoms with E-state index in [4.69, 9.17) is 4.42 Å². The molecule has 0 atom stereocenters. The maximum Gasteiger partial charge on any atom is 0.276 e. The Morgan fingerprint density at radius 1 is 0.946 bits per heavy atom. The zero-order chi connectivity index (χ0) is 25.9. The lowest BCUT2D eigenvalue weighted by Crippen LogP contribution is -2.19. The molecule has 0 saturated carbocycles. The first-order chi connectivity index (χ1) is 17.9. The van der Waals surface area contributed by atoms with Gasteiger partial charge in [0.1, 0.15) is 11.3 Å². The van der Waals surface area contributed by atoms with E-state index in [1.807, 2.05) is 55.5 Å². The minimum atomic E-state index is -0.411. The average Bonchev–Trinajstić information content (AvgIpc) is 3.54. The van der Waals surface area contributed by atoms with Gasteiger partial charge in [-0.3, -0.25) is 9.59 Å². The Morgan fingerprint density at radius 2 is 1.70 bits per heavy atom. The Hall–Kier alpha value is -5.05. The van der Waals surface area contributed by atoms with Crippen LogP contribution in [0, 0.1) is 13.8 Å². The average molecular weight is 493 g/mol. The molecule has 2 aromatic carbocycles. The van der Waals surface area contributed by atoms with E-state index < -0.39 is 5.91 Å². The van der Waals surface area contributed by atoms with Crippen molar-refractivity contribution in [2.24, 2.45) is 5.10 Å². The van der Waals surface area contributed by atoms with E-state index in [0.717, 1.165) is 22.5 Å². The molecule has 0 radical (unpaired) electrons. The number of benzene rings is 2. The number of aryl methyl sites for hydroxylation is 2. The van der Waals surface area contributed by atoms with Crippen LogP contribution in [0.15, 0.2) is 88.7 Å². The second kappa shape index (κ2) is 9.90. The monoisotopic (exact) mass is 492 g/mol. The molecule has 9 heteroatoms. The molecule has 0 aliphatic rings. The molecule has 3 aromatic heterocycles. The van der Waals surface area contributed by atoms with Crippen LogP contribution in [0.4, 0.5) is 5.69 Å². The Balaban J connectivity index is 1.31. The lowest BCUT2D eigenvalue weighted by atomic mass is 10.1. The summed E-state index contributed by atoms with van der Waals surface area (Å²) in [4.78, 5) is 30.0. The summed E-state index contributed by atoms with van der Waals surface area (Å²) in [6.07, 6.45) is 2.97. The van der Waals surface area contributed by atoms with Crippen LogP contribution in [0.3, 0.4) is 0 Å². The van der Waals surface area contributed by atoms with Crippen molar-refractivity contribution in [1.82, 2.24) is 20.0 Å². The van der Waals surface area contributed by atoms with Crippen molar-refractivity contribution in [3.05, 3.63) is 107 Å². The fraction of sp³-hybridized carbons (Fsp3) is 0.107. The number of hydrogen-bond donors (Lipinski definition) is 2. The van der Waals surface area contributed by atoms with Gasteiger partial charge < -0.3 is 9.73 Å². The molecule has 0 aliphatic heterocycles. The summed E-state index contributed by atoms with van der Waals surface area (Å²) in [7, 11) is 0. The first kappa shape index (κ1) is 23.7. The molecule has 0 saturated heterocycles. The Morgan fingerprint density at radius 3 is 2.41 bits per heavy atom. The van der Waals surface area contributed by atoms with E-state index in [9.17, 15) is 9.59 Å². The van der Waals surface area contributed by atoms with Gasteiger partial charge in [0.05, 0.1) is 29.4 Å². The SMILES string of the molecule is C/C(=N/NC(=O)c1cnn2c(C)cc(-c3ccccc3)nc12)c1ccc(NC(=O)c2ccoc2C)cc1. The molecule has 0 fully saturated rings. The number of aromatic nitrogens is 3. The fourth-order valence-electron chi connectivity index (χ4n) is 3.90. The molecule has 184 valence electrons. The molecule has 5 rings (SSSR count). The molecule has 37 heavy (non-hydrogen) atoms. The lowest BCUT2D eigenvalue weighted by molar-refractivity contribution is 0.0955.